The Hall–Kier alpha value is -1.51. The molecule has 1 atom stereocenters. The fraction of sp³-hybridized carbons (Fsp3) is 0.833. The third-order valence-corrected chi connectivity index (χ3v) is 5.65. The number of carbonyl (C=O) groups is 1. The smallest absolute Gasteiger partial charge is 0.236 e. The molecular formula is C18H32N6O2. The van der Waals surface area contributed by atoms with Gasteiger partial charge in [0, 0.05) is 46.7 Å². The van der Waals surface area contributed by atoms with E-state index in [-0.39, 0.29) is 12.0 Å². The Morgan fingerprint density at radius 3 is 2.58 bits per heavy atom. The van der Waals surface area contributed by atoms with Crippen LogP contribution in [0, 0.1) is 0 Å². The molecule has 3 rings (SSSR count). The number of rotatable bonds is 5. The van der Waals surface area contributed by atoms with Crippen LogP contribution in [0.3, 0.4) is 0 Å². The topological polar surface area (TPSA) is 77.7 Å². The molecule has 8 heteroatoms. The number of aromatic nitrogens is 3. The molecule has 0 unspecified atom stereocenters. The molecule has 0 aliphatic carbocycles. The monoisotopic (exact) mass is 364 g/mol. The van der Waals surface area contributed by atoms with Gasteiger partial charge in [-0.3, -0.25) is 14.6 Å². The summed E-state index contributed by atoms with van der Waals surface area (Å²) >= 11 is 0. The molecule has 2 saturated heterocycles. The van der Waals surface area contributed by atoms with Crippen LogP contribution in [0.5, 0.6) is 0 Å². The molecule has 2 aliphatic rings. The number of hydrogen-bond donors (Lipinski definition) is 1. The predicted octanol–water partition coefficient (Wildman–Crippen LogP) is 0.0394. The first-order valence-electron chi connectivity index (χ1n) is 9.65. The molecule has 1 aromatic heterocycles. The van der Waals surface area contributed by atoms with Crippen molar-refractivity contribution in [1.29, 1.82) is 0 Å². The highest BCUT2D eigenvalue weighted by Gasteiger charge is 2.28. The quantitative estimate of drug-likeness (QED) is 0.795. The van der Waals surface area contributed by atoms with Crippen molar-refractivity contribution in [3.05, 3.63) is 11.6 Å². The van der Waals surface area contributed by atoms with Crippen LogP contribution in [-0.2, 0) is 18.4 Å². The number of amides is 1. The molecule has 0 spiro atoms. The fourth-order valence-electron chi connectivity index (χ4n) is 3.89. The predicted molar refractivity (Wildman–Crippen MR) is 98.6 cm³/mol. The maximum atomic E-state index is 12.0. The van der Waals surface area contributed by atoms with E-state index in [9.17, 15) is 9.90 Å². The summed E-state index contributed by atoms with van der Waals surface area (Å²) in [5, 5.41) is 18.6. The zero-order chi connectivity index (χ0) is 18.7. The Kier molecular flexibility index (Phi) is 6.26. The maximum Gasteiger partial charge on any atom is 0.236 e. The van der Waals surface area contributed by atoms with Crippen molar-refractivity contribution < 1.29 is 9.90 Å². The Labute approximate surface area is 155 Å². The van der Waals surface area contributed by atoms with Crippen LogP contribution in [0.4, 0.5) is 0 Å². The Bertz CT molecular complexity index is 609. The van der Waals surface area contributed by atoms with E-state index in [1.165, 1.54) is 0 Å². The van der Waals surface area contributed by atoms with Crippen LogP contribution >= 0.6 is 0 Å². The van der Waals surface area contributed by atoms with Crippen molar-refractivity contribution in [2.24, 2.45) is 7.05 Å². The molecule has 2 fully saturated rings. The SMILES string of the molecule is CN(C)C(=O)CN1CCC[C@@H](c2nnc(CN3CCC(O)CC3)n2C)C1. The number of likely N-dealkylation sites (N-methyl/N-ethyl adjacent to an activating group) is 1. The summed E-state index contributed by atoms with van der Waals surface area (Å²) in [6.07, 6.45) is 3.69. The normalized spacial score (nSPS) is 23.3. The second-order valence-electron chi connectivity index (χ2n) is 7.90. The zero-order valence-electron chi connectivity index (χ0n) is 16.3. The van der Waals surface area contributed by atoms with E-state index in [1.807, 2.05) is 7.05 Å². The molecule has 0 bridgehead atoms. The number of hydrogen-bond acceptors (Lipinski definition) is 6. The average Bonchev–Trinajstić information content (AvgIpc) is 2.98. The summed E-state index contributed by atoms with van der Waals surface area (Å²) in [4.78, 5) is 18.2. The second kappa shape index (κ2) is 8.45. The number of aliphatic hydroxyl groups excluding tert-OH is 1. The summed E-state index contributed by atoms with van der Waals surface area (Å²) in [7, 11) is 5.66. The van der Waals surface area contributed by atoms with E-state index in [4.69, 9.17) is 0 Å². The van der Waals surface area contributed by atoms with Crippen LogP contribution in [0.15, 0.2) is 0 Å². The summed E-state index contributed by atoms with van der Waals surface area (Å²) in [5.41, 5.74) is 0. The summed E-state index contributed by atoms with van der Waals surface area (Å²) in [5.74, 6) is 2.49. The Morgan fingerprint density at radius 2 is 1.88 bits per heavy atom. The van der Waals surface area contributed by atoms with Gasteiger partial charge in [0.25, 0.3) is 0 Å². The molecule has 146 valence electrons. The van der Waals surface area contributed by atoms with E-state index in [0.717, 1.165) is 70.1 Å². The van der Waals surface area contributed by atoms with Gasteiger partial charge < -0.3 is 14.6 Å². The van der Waals surface area contributed by atoms with E-state index < -0.39 is 0 Å². The van der Waals surface area contributed by atoms with Crippen molar-refractivity contribution in [3.63, 3.8) is 0 Å². The van der Waals surface area contributed by atoms with Crippen molar-refractivity contribution in [3.8, 4) is 0 Å². The first-order chi connectivity index (χ1) is 12.4. The van der Waals surface area contributed by atoms with Gasteiger partial charge in [-0.05, 0) is 32.2 Å². The van der Waals surface area contributed by atoms with E-state index >= 15 is 0 Å². The van der Waals surface area contributed by atoms with Gasteiger partial charge in [0.15, 0.2) is 0 Å². The zero-order valence-corrected chi connectivity index (χ0v) is 16.3. The molecule has 0 aromatic carbocycles. The highest BCUT2D eigenvalue weighted by Crippen LogP contribution is 2.26. The van der Waals surface area contributed by atoms with Crippen molar-refractivity contribution in [1.82, 2.24) is 29.5 Å². The van der Waals surface area contributed by atoms with Crippen molar-refractivity contribution >= 4 is 5.91 Å². The number of aliphatic hydroxyl groups is 1. The van der Waals surface area contributed by atoms with Crippen LogP contribution in [-0.4, -0.2) is 93.4 Å². The van der Waals surface area contributed by atoms with Gasteiger partial charge in [-0.2, -0.15) is 0 Å². The van der Waals surface area contributed by atoms with Gasteiger partial charge in [0.2, 0.25) is 5.91 Å². The first-order valence-corrected chi connectivity index (χ1v) is 9.65. The molecular weight excluding hydrogens is 332 g/mol. The van der Waals surface area contributed by atoms with E-state index in [0.29, 0.717) is 12.5 Å². The van der Waals surface area contributed by atoms with E-state index in [1.54, 1.807) is 19.0 Å². The van der Waals surface area contributed by atoms with Gasteiger partial charge in [0.1, 0.15) is 11.6 Å². The Morgan fingerprint density at radius 1 is 1.15 bits per heavy atom. The standard InChI is InChI=1S/C18H32N6O2/c1-21(2)17(26)13-24-8-4-5-14(11-24)18-20-19-16(22(18)3)12-23-9-6-15(25)7-10-23/h14-15,25H,4-13H2,1-3H3/t14-/m1/s1. The molecule has 1 N–H and O–H groups in total. The minimum atomic E-state index is -0.153. The number of carbonyl (C=O) groups excluding carboxylic acids is 1. The first kappa shape index (κ1) is 19.3. The molecule has 3 heterocycles. The highest BCUT2D eigenvalue weighted by molar-refractivity contribution is 5.77. The van der Waals surface area contributed by atoms with Crippen LogP contribution in [0.25, 0.3) is 0 Å². The highest BCUT2D eigenvalue weighted by atomic mass is 16.3. The van der Waals surface area contributed by atoms with E-state index in [2.05, 4.69) is 24.6 Å². The Balaban J connectivity index is 1.60. The lowest BCUT2D eigenvalue weighted by Gasteiger charge is -2.32. The summed E-state index contributed by atoms with van der Waals surface area (Å²) < 4.78 is 2.13. The molecule has 8 nitrogen and oxygen atoms in total. The number of nitrogens with zero attached hydrogens (tertiary/aromatic N) is 6. The minimum absolute atomic E-state index is 0.150. The van der Waals surface area contributed by atoms with Gasteiger partial charge >= 0.3 is 0 Å². The van der Waals surface area contributed by atoms with Gasteiger partial charge in [-0.1, -0.05) is 0 Å². The second-order valence-corrected chi connectivity index (χ2v) is 7.90. The average molecular weight is 364 g/mol. The largest absolute Gasteiger partial charge is 0.393 e. The molecule has 26 heavy (non-hydrogen) atoms. The van der Waals surface area contributed by atoms with Crippen molar-refractivity contribution in [2.75, 3.05) is 46.8 Å². The maximum absolute atomic E-state index is 12.0. The van der Waals surface area contributed by atoms with Crippen molar-refractivity contribution in [2.45, 2.75) is 44.2 Å². The fourth-order valence-corrected chi connectivity index (χ4v) is 3.89. The molecule has 2 aliphatic heterocycles. The molecule has 1 aromatic rings. The van der Waals surface area contributed by atoms with Gasteiger partial charge in [-0.15, -0.1) is 10.2 Å². The van der Waals surface area contributed by atoms with Crippen LogP contribution in [0.1, 0.15) is 43.3 Å². The molecule has 1 amide bonds. The lowest BCUT2D eigenvalue weighted by Crippen LogP contribution is -2.42. The molecule has 0 saturated carbocycles. The van der Waals surface area contributed by atoms with Crippen LogP contribution < -0.4 is 0 Å². The number of likely N-dealkylation sites (tertiary alicyclic amines) is 2. The van der Waals surface area contributed by atoms with Crippen LogP contribution in [0.2, 0.25) is 0 Å². The third kappa shape index (κ3) is 4.61. The summed E-state index contributed by atoms with van der Waals surface area (Å²) in [6, 6.07) is 0. The lowest BCUT2D eigenvalue weighted by molar-refractivity contribution is -0.130. The van der Waals surface area contributed by atoms with Gasteiger partial charge in [-0.25, -0.2) is 0 Å². The number of piperidine rings is 2. The summed E-state index contributed by atoms with van der Waals surface area (Å²) in [6.45, 7) is 4.91. The lowest BCUT2D eigenvalue weighted by atomic mass is 9.97. The van der Waals surface area contributed by atoms with Gasteiger partial charge in [0.05, 0.1) is 19.2 Å². The molecule has 0 radical (unpaired) electrons. The minimum Gasteiger partial charge on any atom is -0.393 e. The third-order valence-electron chi connectivity index (χ3n) is 5.65.